The Labute approximate surface area is 78.2 Å². The van der Waals surface area contributed by atoms with E-state index in [-0.39, 0.29) is 12.1 Å². The lowest BCUT2D eigenvalue weighted by Gasteiger charge is -2.09. The summed E-state index contributed by atoms with van der Waals surface area (Å²) in [6.07, 6.45) is 2.74. The van der Waals surface area contributed by atoms with E-state index < -0.39 is 0 Å². The zero-order chi connectivity index (χ0) is 9.52. The fourth-order valence-electron chi connectivity index (χ4n) is 1.25. The highest BCUT2D eigenvalue weighted by Crippen LogP contribution is 2.11. The molecule has 0 aromatic rings. The summed E-state index contributed by atoms with van der Waals surface area (Å²) in [5, 5.41) is 0. The molecule has 0 aromatic heterocycles. The molecule has 76 valence electrons. The third-order valence-electron chi connectivity index (χ3n) is 2.01. The zero-order valence-electron chi connectivity index (χ0n) is 7.95. The van der Waals surface area contributed by atoms with Crippen LogP contribution in [0.1, 0.15) is 19.3 Å². The van der Waals surface area contributed by atoms with Crippen molar-refractivity contribution in [3.8, 4) is 0 Å². The van der Waals surface area contributed by atoms with Crippen LogP contribution in [0.5, 0.6) is 0 Å². The Balaban J connectivity index is 1.91. The number of methoxy groups -OCH3 is 1. The number of hydrogen-bond donors (Lipinski definition) is 0. The van der Waals surface area contributed by atoms with Gasteiger partial charge in [0.1, 0.15) is 0 Å². The van der Waals surface area contributed by atoms with Crippen LogP contribution in [0.3, 0.4) is 0 Å². The second kappa shape index (κ2) is 5.94. The minimum Gasteiger partial charge on any atom is -0.469 e. The van der Waals surface area contributed by atoms with Gasteiger partial charge < -0.3 is 14.2 Å². The third kappa shape index (κ3) is 4.24. The fourth-order valence-corrected chi connectivity index (χ4v) is 1.25. The van der Waals surface area contributed by atoms with Crippen LogP contribution >= 0.6 is 0 Å². The van der Waals surface area contributed by atoms with Crippen molar-refractivity contribution in [1.82, 2.24) is 0 Å². The van der Waals surface area contributed by atoms with E-state index in [9.17, 15) is 4.79 Å². The molecular weight excluding hydrogens is 172 g/mol. The van der Waals surface area contributed by atoms with Crippen molar-refractivity contribution in [2.75, 3.05) is 26.9 Å². The molecular formula is C9H16O4. The molecule has 0 amide bonds. The number of esters is 1. The van der Waals surface area contributed by atoms with Crippen LogP contribution in [0, 0.1) is 0 Å². The highest BCUT2D eigenvalue weighted by atomic mass is 16.5. The van der Waals surface area contributed by atoms with Crippen molar-refractivity contribution in [2.45, 2.75) is 25.4 Å². The molecule has 0 aromatic carbocycles. The van der Waals surface area contributed by atoms with Crippen molar-refractivity contribution in [3.05, 3.63) is 0 Å². The molecule has 1 aliphatic heterocycles. The topological polar surface area (TPSA) is 44.8 Å². The Hall–Kier alpha value is -0.610. The quantitative estimate of drug-likeness (QED) is 0.471. The molecule has 1 atom stereocenters. The highest BCUT2D eigenvalue weighted by Gasteiger charge is 2.15. The predicted octanol–water partition coefficient (Wildman–Crippen LogP) is 0.745. The van der Waals surface area contributed by atoms with Crippen LogP contribution < -0.4 is 0 Å². The Morgan fingerprint density at radius 2 is 2.46 bits per heavy atom. The molecule has 1 heterocycles. The first kappa shape index (κ1) is 10.5. The number of ether oxygens (including phenoxy) is 3. The van der Waals surface area contributed by atoms with Gasteiger partial charge in [-0.3, -0.25) is 4.79 Å². The Bertz CT molecular complexity index is 152. The van der Waals surface area contributed by atoms with Crippen LogP contribution in [0.2, 0.25) is 0 Å². The van der Waals surface area contributed by atoms with E-state index in [1.54, 1.807) is 0 Å². The molecule has 0 saturated carbocycles. The van der Waals surface area contributed by atoms with Gasteiger partial charge in [0.25, 0.3) is 0 Å². The molecule has 1 fully saturated rings. The standard InChI is InChI=1S/C9H16O4/c1-11-9(10)4-6-12-7-8-3-2-5-13-8/h8H,2-7H2,1H3. The smallest absolute Gasteiger partial charge is 0.307 e. The molecule has 13 heavy (non-hydrogen) atoms. The first-order chi connectivity index (χ1) is 6.33. The Morgan fingerprint density at radius 1 is 1.62 bits per heavy atom. The van der Waals surface area contributed by atoms with Crippen molar-refractivity contribution in [1.29, 1.82) is 0 Å². The summed E-state index contributed by atoms with van der Waals surface area (Å²) in [7, 11) is 1.38. The summed E-state index contributed by atoms with van der Waals surface area (Å²) >= 11 is 0. The summed E-state index contributed by atoms with van der Waals surface area (Å²) in [6, 6.07) is 0. The minimum atomic E-state index is -0.229. The maximum absolute atomic E-state index is 10.7. The molecule has 0 aliphatic carbocycles. The number of rotatable bonds is 5. The van der Waals surface area contributed by atoms with E-state index in [1.165, 1.54) is 7.11 Å². The van der Waals surface area contributed by atoms with Gasteiger partial charge in [-0.1, -0.05) is 0 Å². The van der Waals surface area contributed by atoms with Gasteiger partial charge in [-0.2, -0.15) is 0 Å². The second-order valence-electron chi connectivity index (χ2n) is 3.04. The maximum Gasteiger partial charge on any atom is 0.307 e. The van der Waals surface area contributed by atoms with E-state index in [1.807, 2.05) is 0 Å². The second-order valence-corrected chi connectivity index (χ2v) is 3.04. The van der Waals surface area contributed by atoms with Crippen LogP contribution in [-0.2, 0) is 19.0 Å². The molecule has 4 heteroatoms. The van der Waals surface area contributed by atoms with Crippen molar-refractivity contribution in [3.63, 3.8) is 0 Å². The van der Waals surface area contributed by atoms with Gasteiger partial charge in [-0.15, -0.1) is 0 Å². The molecule has 0 radical (unpaired) electrons. The lowest BCUT2D eigenvalue weighted by Crippen LogP contribution is -2.16. The maximum atomic E-state index is 10.7. The first-order valence-electron chi connectivity index (χ1n) is 4.59. The normalized spacial score (nSPS) is 21.8. The minimum absolute atomic E-state index is 0.229. The molecule has 0 spiro atoms. The summed E-state index contributed by atoms with van der Waals surface area (Å²) in [4.78, 5) is 10.7. The van der Waals surface area contributed by atoms with Gasteiger partial charge in [-0.25, -0.2) is 0 Å². The van der Waals surface area contributed by atoms with Gasteiger partial charge in [0.2, 0.25) is 0 Å². The van der Waals surface area contributed by atoms with Gasteiger partial charge in [0.05, 0.1) is 32.8 Å². The Morgan fingerprint density at radius 3 is 3.08 bits per heavy atom. The Kier molecular flexibility index (Phi) is 4.78. The number of carbonyl (C=O) groups is 1. The molecule has 0 N–H and O–H groups in total. The van der Waals surface area contributed by atoms with Crippen molar-refractivity contribution < 1.29 is 19.0 Å². The lowest BCUT2D eigenvalue weighted by atomic mass is 10.2. The predicted molar refractivity (Wildman–Crippen MR) is 46.4 cm³/mol. The lowest BCUT2D eigenvalue weighted by molar-refractivity contribution is -0.142. The van der Waals surface area contributed by atoms with Crippen LogP contribution in [0.4, 0.5) is 0 Å². The van der Waals surface area contributed by atoms with Gasteiger partial charge in [0, 0.05) is 6.61 Å². The van der Waals surface area contributed by atoms with Crippen LogP contribution in [0.15, 0.2) is 0 Å². The first-order valence-corrected chi connectivity index (χ1v) is 4.59. The summed E-state index contributed by atoms with van der Waals surface area (Å²) < 4.78 is 15.1. The van der Waals surface area contributed by atoms with E-state index >= 15 is 0 Å². The molecule has 1 saturated heterocycles. The highest BCUT2D eigenvalue weighted by molar-refractivity contribution is 5.69. The van der Waals surface area contributed by atoms with E-state index in [0.717, 1.165) is 19.4 Å². The van der Waals surface area contributed by atoms with Crippen LogP contribution in [-0.4, -0.2) is 39.0 Å². The van der Waals surface area contributed by atoms with Crippen molar-refractivity contribution in [2.24, 2.45) is 0 Å². The molecule has 1 aliphatic rings. The van der Waals surface area contributed by atoms with Crippen LogP contribution in [0.25, 0.3) is 0 Å². The average molecular weight is 188 g/mol. The molecule has 0 bridgehead atoms. The SMILES string of the molecule is COC(=O)CCOCC1CCCO1. The summed E-state index contributed by atoms with van der Waals surface area (Å²) in [5.74, 6) is -0.229. The van der Waals surface area contributed by atoms with Gasteiger partial charge in [-0.05, 0) is 12.8 Å². The average Bonchev–Trinajstić information content (AvgIpc) is 2.64. The van der Waals surface area contributed by atoms with Gasteiger partial charge >= 0.3 is 5.97 Å². The van der Waals surface area contributed by atoms with Gasteiger partial charge in [0.15, 0.2) is 0 Å². The van der Waals surface area contributed by atoms with E-state index in [4.69, 9.17) is 9.47 Å². The zero-order valence-corrected chi connectivity index (χ0v) is 7.95. The van der Waals surface area contributed by atoms with E-state index in [2.05, 4.69) is 4.74 Å². The largest absolute Gasteiger partial charge is 0.469 e. The summed E-state index contributed by atoms with van der Waals surface area (Å²) in [6.45, 7) is 1.86. The third-order valence-corrected chi connectivity index (χ3v) is 2.01. The fraction of sp³-hybridized carbons (Fsp3) is 0.889. The van der Waals surface area contributed by atoms with Crippen molar-refractivity contribution >= 4 is 5.97 Å². The number of carbonyl (C=O) groups excluding carboxylic acids is 1. The molecule has 4 nitrogen and oxygen atoms in total. The summed E-state index contributed by atoms with van der Waals surface area (Å²) in [5.41, 5.74) is 0. The monoisotopic (exact) mass is 188 g/mol. The molecule has 1 rings (SSSR count). The van der Waals surface area contributed by atoms with E-state index in [0.29, 0.717) is 19.6 Å². The number of hydrogen-bond acceptors (Lipinski definition) is 4. The molecule has 1 unspecified atom stereocenters.